The third kappa shape index (κ3) is 5.40. The normalized spacial score (nSPS) is 16.7. The predicted molar refractivity (Wildman–Crippen MR) is 86.9 cm³/mol. The van der Waals surface area contributed by atoms with E-state index in [1.165, 1.54) is 24.9 Å². The average molecular weight is 292 g/mol. The van der Waals surface area contributed by atoms with E-state index >= 15 is 0 Å². The minimum atomic E-state index is -0.159. The summed E-state index contributed by atoms with van der Waals surface area (Å²) in [7, 11) is 0. The van der Waals surface area contributed by atoms with E-state index < -0.39 is 0 Å². The lowest BCUT2D eigenvalue weighted by molar-refractivity contribution is 0.222. The Morgan fingerprint density at radius 3 is 2.43 bits per heavy atom. The van der Waals surface area contributed by atoms with Gasteiger partial charge in [0, 0.05) is 25.2 Å². The number of nitrogens with one attached hydrogen (secondary N) is 1. The number of rotatable bonds is 9. The lowest BCUT2D eigenvalue weighted by Crippen LogP contribution is -2.33. The molecule has 3 heteroatoms. The van der Waals surface area contributed by atoms with E-state index in [9.17, 15) is 4.39 Å². The summed E-state index contributed by atoms with van der Waals surface area (Å²) in [6, 6.07) is 8.07. The van der Waals surface area contributed by atoms with Crippen molar-refractivity contribution < 1.29 is 4.39 Å². The van der Waals surface area contributed by atoms with Crippen LogP contribution in [0.5, 0.6) is 0 Å². The Hall–Kier alpha value is -0.930. The molecule has 0 bridgehead atoms. The molecule has 1 aromatic carbocycles. The van der Waals surface area contributed by atoms with Gasteiger partial charge in [-0.25, -0.2) is 4.39 Å². The van der Waals surface area contributed by atoms with Crippen molar-refractivity contribution in [2.24, 2.45) is 5.92 Å². The van der Waals surface area contributed by atoms with Gasteiger partial charge in [0.15, 0.2) is 0 Å². The summed E-state index contributed by atoms with van der Waals surface area (Å²) in [6.45, 7) is 9.96. The van der Waals surface area contributed by atoms with Crippen LogP contribution in [0.3, 0.4) is 0 Å². The highest BCUT2D eigenvalue weighted by Gasteiger charge is 2.29. The van der Waals surface area contributed by atoms with Gasteiger partial charge in [0.2, 0.25) is 0 Å². The van der Waals surface area contributed by atoms with Gasteiger partial charge < -0.3 is 10.2 Å². The molecule has 1 aliphatic carbocycles. The fraction of sp³-hybridized carbons (Fsp3) is 0.667. The predicted octanol–water partition coefficient (Wildman–Crippen LogP) is 3.99. The lowest BCUT2D eigenvalue weighted by atomic mass is 10.0. The van der Waals surface area contributed by atoms with Crippen molar-refractivity contribution in [3.05, 3.63) is 35.6 Å². The largest absolute Gasteiger partial charge is 0.310 e. The molecule has 0 aromatic heterocycles. The van der Waals surface area contributed by atoms with Crippen LogP contribution in [0.2, 0.25) is 0 Å². The van der Waals surface area contributed by atoms with Crippen molar-refractivity contribution in [3.63, 3.8) is 0 Å². The van der Waals surface area contributed by atoms with Gasteiger partial charge in [0.25, 0.3) is 0 Å². The summed E-state index contributed by atoms with van der Waals surface area (Å²) in [5.41, 5.74) is 1.19. The molecule has 1 unspecified atom stereocenters. The summed E-state index contributed by atoms with van der Waals surface area (Å²) in [5, 5.41) is 3.54. The van der Waals surface area contributed by atoms with E-state index in [-0.39, 0.29) is 5.82 Å². The first-order valence-electron chi connectivity index (χ1n) is 8.33. The highest BCUT2D eigenvalue weighted by molar-refractivity contribution is 5.20. The third-order valence-electron chi connectivity index (χ3n) is 4.09. The van der Waals surface area contributed by atoms with Gasteiger partial charge >= 0.3 is 0 Å². The molecule has 0 saturated heterocycles. The van der Waals surface area contributed by atoms with Crippen molar-refractivity contribution in [1.82, 2.24) is 10.2 Å². The Morgan fingerprint density at radius 1 is 1.24 bits per heavy atom. The molecule has 0 heterocycles. The van der Waals surface area contributed by atoms with Gasteiger partial charge in [-0.2, -0.15) is 0 Å². The van der Waals surface area contributed by atoms with Crippen LogP contribution in [0.4, 0.5) is 4.39 Å². The van der Waals surface area contributed by atoms with Crippen LogP contribution < -0.4 is 5.32 Å². The summed E-state index contributed by atoms with van der Waals surface area (Å²) in [4.78, 5) is 2.64. The Bertz CT molecular complexity index is 412. The number of nitrogens with zero attached hydrogens (tertiary/aromatic N) is 1. The van der Waals surface area contributed by atoms with Gasteiger partial charge in [0.1, 0.15) is 5.82 Å². The van der Waals surface area contributed by atoms with E-state index in [4.69, 9.17) is 0 Å². The molecule has 1 fully saturated rings. The first-order valence-corrected chi connectivity index (χ1v) is 8.33. The Labute approximate surface area is 128 Å². The van der Waals surface area contributed by atoms with E-state index in [0.717, 1.165) is 25.6 Å². The second kappa shape index (κ2) is 7.90. The lowest BCUT2D eigenvalue weighted by Gasteiger charge is -2.27. The smallest absolute Gasteiger partial charge is 0.123 e. The second-order valence-corrected chi connectivity index (χ2v) is 6.57. The molecule has 2 nitrogen and oxygen atoms in total. The van der Waals surface area contributed by atoms with Gasteiger partial charge in [-0.1, -0.05) is 32.9 Å². The van der Waals surface area contributed by atoms with Crippen LogP contribution in [0.15, 0.2) is 24.3 Å². The van der Waals surface area contributed by atoms with E-state index in [0.29, 0.717) is 12.0 Å². The molecule has 0 aliphatic heterocycles. The summed E-state index contributed by atoms with van der Waals surface area (Å²) < 4.78 is 13.1. The van der Waals surface area contributed by atoms with Gasteiger partial charge in [-0.3, -0.25) is 0 Å². The second-order valence-electron chi connectivity index (χ2n) is 6.57. The molecule has 21 heavy (non-hydrogen) atoms. The molecular formula is C18H29FN2. The molecule has 1 aromatic rings. The van der Waals surface area contributed by atoms with Crippen LogP contribution >= 0.6 is 0 Å². The van der Waals surface area contributed by atoms with Crippen LogP contribution in [-0.2, 0) is 0 Å². The molecular weight excluding hydrogens is 263 g/mol. The summed E-state index contributed by atoms with van der Waals surface area (Å²) in [6.07, 6.45) is 3.80. The zero-order valence-corrected chi connectivity index (χ0v) is 13.6. The highest BCUT2D eigenvalue weighted by Crippen LogP contribution is 2.29. The molecule has 1 N–H and O–H groups in total. The molecule has 0 radical (unpaired) electrons. The van der Waals surface area contributed by atoms with Crippen LogP contribution in [0.1, 0.15) is 51.6 Å². The van der Waals surface area contributed by atoms with Crippen LogP contribution in [-0.4, -0.2) is 30.6 Å². The molecule has 1 atom stereocenters. The maximum absolute atomic E-state index is 13.1. The zero-order valence-electron chi connectivity index (χ0n) is 13.6. The number of halogens is 1. The standard InChI is InChI=1S/C18H29FN2/c1-4-20-18(15-5-7-16(19)8-6-15)11-12-21(13-14(2)3)17-9-10-17/h5-8,14,17-18,20H,4,9-13H2,1-3H3. The molecule has 1 saturated carbocycles. The third-order valence-corrected chi connectivity index (χ3v) is 4.09. The minimum absolute atomic E-state index is 0.159. The van der Waals surface area contributed by atoms with E-state index in [1.807, 2.05) is 12.1 Å². The average Bonchev–Trinajstić information content (AvgIpc) is 3.27. The molecule has 0 amide bonds. The van der Waals surface area contributed by atoms with Crippen LogP contribution in [0, 0.1) is 11.7 Å². The minimum Gasteiger partial charge on any atom is -0.310 e. The SMILES string of the molecule is CCNC(CCN(CC(C)C)C1CC1)c1ccc(F)cc1. The Kier molecular flexibility index (Phi) is 6.19. The van der Waals surface area contributed by atoms with Crippen molar-refractivity contribution in [2.75, 3.05) is 19.6 Å². The molecule has 0 spiro atoms. The van der Waals surface area contributed by atoms with Crippen molar-refractivity contribution in [1.29, 1.82) is 0 Å². The topological polar surface area (TPSA) is 15.3 Å². The molecule has 1 aliphatic rings. The first kappa shape index (κ1) is 16.4. The fourth-order valence-electron chi connectivity index (χ4n) is 2.95. The molecule has 118 valence electrons. The maximum Gasteiger partial charge on any atom is 0.123 e. The first-order chi connectivity index (χ1) is 10.1. The quantitative estimate of drug-likeness (QED) is 0.740. The monoisotopic (exact) mass is 292 g/mol. The maximum atomic E-state index is 13.1. The Morgan fingerprint density at radius 2 is 1.90 bits per heavy atom. The zero-order chi connectivity index (χ0) is 15.2. The van der Waals surface area contributed by atoms with E-state index in [2.05, 4.69) is 31.0 Å². The highest BCUT2D eigenvalue weighted by atomic mass is 19.1. The summed E-state index contributed by atoms with van der Waals surface area (Å²) >= 11 is 0. The van der Waals surface area contributed by atoms with Gasteiger partial charge in [0.05, 0.1) is 0 Å². The fourth-order valence-corrected chi connectivity index (χ4v) is 2.95. The molecule has 2 rings (SSSR count). The summed E-state index contributed by atoms with van der Waals surface area (Å²) in [5.74, 6) is 0.558. The van der Waals surface area contributed by atoms with Gasteiger partial charge in [-0.05, 0) is 49.4 Å². The van der Waals surface area contributed by atoms with Gasteiger partial charge in [-0.15, -0.1) is 0 Å². The van der Waals surface area contributed by atoms with Crippen LogP contribution in [0.25, 0.3) is 0 Å². The van der Waals surface area contributed by atoms with E-state index in [1.54, 1.807) is 12.1 Å². The number of hydrogen-bond acceptors (Lipinski definition) is 2. The van der Waals surface area contributed by atoms with Crippen molar-refractivity contribution in [3.8, 4) is 0 Å². The Balaban J connectivity index is 1.93. The number of hydrogen-bond donors (Lipinski definition) is 1. The number of benzene rings is 1. The van der Waals surface area contributed by atoms with Crippen molar-refractivity contribution in [2.45, 2.75) is 52.1 Å². The van der Waals surface area contributed by atoms with Crippen molar-refractivity contribution >= 4 is 0 Å².